The molecule has 0 unspecified atom stereocenters. The Hall–Kier alpha value is -2.01. The van der Waals surface area contributed by atoms with Gasteiger partial charge in [-0.25, -0.2) is 9.36 Å². The number of hydrogen-bond acceptors (Lipinski definition) is 3. The topological polar surface area (TPSA) is 70.0 Å². The maximum atomic E-state index is 11.4. The van der Waals surface area contributed by atoms with E-state index in [4.69, 9.17) is 0 Å². The van der Waals surface area contributed by atoms with Gasteiger partial charge in [-0.05, 0) is 24.7 Å². The fourth-order valence-corrected chi connectivity index (χ4v) is 1.62. The zero-order chi connectivity index (χ0) is 11.5. The van der Waals surface area contributed by atoms with E-state index in [0.29, 0.717) is 12.2 Å². The van der Waals surface area contributed by atoms with Crippen LogP contribution >= 0.6 is 0 Å². The fourth-order valence-electron chi connectivity index (χ4n) is 1.62. The van der Waals surface area contributed by atoms with Crippen LogP contribution in [0.3, 0.4) is 0 Å². The molecule has 1 aromatic heterocycles. The predicted octanol–water partition coefficient (Wildman–Crippen LogP) is 0.591. The summed E-state index contributed by atoms with van der Waals surface area (Å²) in [5, 5.41) is 12.5. The first-order chi connectivity index (χ1) is 7.72. The molecule has 1 aromatic carbocycles. The van der Waals surface area contributed by atoms with Gasteiger partial charge in [0.1, 0.15) is 0 Å². The van der Waals surface area contributed by atoms with Crippen LogP contribution in [0.15, 0.2) is 35.3 Å². The Bertz CT molecular complexity index is 542. The number of aromatic amines is 1. The van der Waals surface area contributed by atoms with Gasteiger partial charge in [0.05, 0.1) is 11.9 Å². The second-order valence-corrected chi connectivity index (χ2v) is 3.49. The first kappa shape index (κ1) is 10.5. The van der Waals surface area contributed by atoms with Crippen LogP contribution in [0.25, 0.3) is 5.69 Å². The Morgan fingerprint density at radius 2 is 2.31 bits per heavy atom. The molecule has 2 aromatic rings. The number of hydrogen-bond donors (Lipinski definition) is 3. The molecule has 0 radical (unpaired) electrons. The van der Waals surface area contributed by atoms with E-state index < -0.39 is 0 Å². The van der Waals surface area contributed by atoms with Crippen molar-refractivity contribution in [2.24, 2.45) is 0 Å². The molecular weight excluding hydrogens is 206 g/mol. The van der Waals surface area contributed by atoms with Gasteiger partial charge in [-0.3, -0.25) is 0 Å². The van der Waals surface area contributed by atoms with Gasteiger partial charge >= 0.3 is 5.69 Å². The molecule has 0 saturated carbocycles. The summed E-state index contributed by atoms with van der Waals surface area (Å²) in [5.74, 6) is -0.0911. The summed E-state index contributed by atoms with van der Waals surface area (Å²) < 4.78 is 1.22. The lowest BCUT2D eigenvalue weighted by Crippen LogP contribution is -2.15. The van der Waals surface area contributed by atoms with Crippen LogP contribution in [0, 0.1) is 0 Å². The predicted molar refractivity (Wildman–Crippen MR) is 60.8 cm³/mol. The van der Waals surface area contributed by atoms with E-state index in [1.807, 2.05) is 25.2 Å². The Morgan fingerprint density at radius 1 is 1.50 bits per heavy atom. The minimum Gasteiger partial charge on any atom is -0.493 e. The molecule has 3 N–H and O–H groups in total. The largest absolute Gasteiger partial charge is 0.493 e. The van der Waals surface area contributed by atoms with Crippen molar-refractivity contribution in [2.45, 2.75) is 6.54 Å². The molecule has 16 heavy (non-hydrogen) atoms. The quantitative estimate of drug-likeness (QED) is 0.707. The van der Waals surface area contributed by atoms with E-state index in [-0.39, 0.29) is 11.6 Å². The van der Waals surface area contributed by atoms with Crippen molar-refractivity contribution in [1.82, 2.24) is 14.9 Å². The van der Waals surface area contributed by atoms with E-state index in [0.717, 1.165) is 5.56 Å². The molecule has 0 saturated heterocycles. The lowest BCUT2D eigenvalue weighted by molar-refractivity contribution is 0.441. The summed E-state index contributed by atoms with van der Waals surface area (Å²) in [6.07, 6.45) is 1.27. The van der Waals surface area contributed by atoms with E-state index in [9.17, 15) is 9.90 Å². The summed E-state index contributed by atoms with van der Waals surface area (Å²) in [4.78, 5) is 13.9. The van der Waals surface area contributed by atoms with Crippen LogP contribution in [0.1, 0.15) is 5.56 Å². The van der Waals surface area contributed by atoms with Gasteiger partial charge in [0, 0.05) is 6.54 Å². The SMILES string of the molecule is CNCc1cccc(-n2c(O)c[nH]c2=O)c1. The number of rotatable bonds is 3. The molecular formula is C11H13N3O2. The molecule has 0 fully saturated rings. The van der Waals surface area contributed by atoms with Crippen LogP contribution in [0.4, 0.5) is 0 Å². The first-order valence-electron chi connectivity index (χ1n) is 4.95. The summed E-state index contributed by atoms with van der Waals surface area (Å²) in [5.41, 5.74) is 1.35. The molecule has 0 bridgehead atoms. The molecule has 2 rings (SSSR count). The number of aromatic hydroxyl groups is 1. The summed E-state index contributed by atoms with van der Waals surface area (Å²) in [6, 6.07) is 7.43. The molecule has 84 valence electrons. The van der Waals surface area contributed by atoms with Crippen molar-refractivity contribution in [2.75, 3.05) is 7.05 Å². The van der Waals surface area contributed by atoms with Gasteiger partial charge in [0.25, 0.3) is 0 Å². The molecule has 0 spiro atoms. The Morgan fingerprint density at radius 3 is 2.94 bits per heavy atom. The number of imidazole rings is 1. The van der Waals surface area contributed by atoms with Gasteiger partial charge < -0.3 is 15.4 Å². The third-order valence-corrected chi connectivity index (χ3v) is 2.31. The lowest BCUT2D eigenvalue weighted by Gasteiger charge is -2.05. The monoisotopic (exact) mass is 219 g/mol. The van der Waals surface area contributed by atoms with Gasteiger partial charge in [0.2, 0.25) is 5.88 Å². The normalized spacial score (nSPS) is 10.6. The Balaban J connectivity index is 2.48. The van der Waals surface area contributed by atoms with Crippen molar-refractivity contribution in [3.8, 4) is 11.6 Å². The highest BCUT2D eigenvalue weighted by atomic mass is 16.3. The van der Waals surface area contributed by atoms with Crippen LogP contribution in [-0.2, 0) is 6.54 Å². The average molecular weight is 219 g/mol. The molecule has 0 aliphatic carbocycles. The van der Waals surface area contributed by atoms with Crippen LogP contribution in [0.2, 0.25) is 0 Å². The number of aromatic nitrogens is 2. The number of H-pyrrole nitrogens is 1. The lowest BCUT2D eigenvalue weighted by atomic mass is 10.2. The molecule has 0 aliphatic rings. The van der Waals surface area contributed by atoms with Crippen LogP contribution in [0.5, 0.6) is 5.88 Å². The van der Waals surface area contributed by atoms with E-state index in [1.54, 1.807) is 6.07 Å². The molecule has 0 atom stereocenters. The maximum Gasteiger partial charge on any atom is 0.333 e. The Labute approximate surface area is 92.4 Å². The van der Waals surface area contributed by atoms with E-state index in [2.05, 4.69) is 10.3 Å². The molecule has 0 aliphatic heterocycles. The molecule has 0 amide bonds. The molecule has 5 nitrogen and oxygen atoms in total. The third kappa shape index (κ3) is 1.85. The Kier molecular flexibility index (Phi) is 2.78. The highest BCUT2D eigenvalue weighted by Crippen LogP contribution is 2.14. The van der Waals surface area contributed by atoms with Crippen molar-refractivity contribution in [3.63, 3.8) is 0 Å². The summed E-state index contributed by atoms with van der Waals surface area (Å²) in [7, 11) is 1.85. The van der Waals surface area contributed by atoms with Crippen molar-refractivity contribution in [3.05, 3.63) is 46.5 Å². The summed E-state index contributed by atoms with van der Waals surface area (Å²) >= 11 is 0. The second-order valence-electron chi connectivity index (χ2n) is 3.49. The molecule has 1 heterocycles. The van der Waals surface area contributed by atoms with Gasteiger partial charge in [0.15, 0.2) is 0 Å². The van der Waals surface area contributed by atoms with Crippen molar-refractivity contribution in [1.29, 1.82) is 0 Å². The van der Waals surface area contributed by atoms with E-state index >= 15 is 0 Å². The van der Waals surface area contributed by atoms with Gasteiger partial charge in [-0.1, -0.05) is 12.1 Å². The fraction of sp³-hybridized carbons (Fsp3) is 0.182. The number of nitrogens with one attached hydrogen (secondary N) is 2. The number of benzene rings is 1. The maximum absolute atomic E-state index is 11.4. The second kappa shape index (κ2) is 4.24. The molecule has 5 heteroatoms. The zero-order valence-electron chi connectivity index (χ0n) is 8.90. The first-order valence-corrected chi connectivity index (χ1v) is 4.95. The van der Waals surface area contributed by atoms with Crippen LogP contribution in [-0.4, -0.2) is 21.7 Å². The van der Waals surface area contributed by atoms with Crippen molar-refractivity contribution < 1.29 is 5.11 Å². The summed E-state index contributed by atoms with van der Waals surface area (Å²) in [6.45, 7) is 0.716. The highest BCUT2D eigenvalue weighted by Gasteiger charge is 2.06. The number of nitrogens with zero attached hydrogens (tertiary/aromatic N) is 1. The van der Waals surface area contributed by atoms with Crippen molar-refractivity contribution >= 4 is 0 Å². The zero-order valence-corrected chi connectivity index (χ0v) is 8.90. The third-order valence-electron chi connectivity index (χ3n) is 2.31. The van der Waals surface area contributed by atoms with Gasteiger partial charge in [-0.15, -0.1) is 0 Å². The van der Waals surface area contributed by atoms with Crippen LogP contribution < -0.4 is 11.0 Å². The minimum absolute atomic E-state index is 0.0911. The standard InChI is InChI=1S/C11H13N3O2/c1-12-6-8-3-2-4-9(5-8)14-10(15)7-13-11(14)16/h2-5,7,12,15H,6H2,1H3,(H,13,16). The van der Waals surface area contributed by atoms with E-state index in [1.165, 1.54) is 10.8 Å². The highest BCUT2D eigenvalue weighted by molar-refractivity contribution is 5.38. The minimum atomic E-state index is -0.348. The smallest absolute Gasteiger partial charge is 0.333 e. The van der Waals surface area contributed by atoms with Gasteiger partial charge in [-0.2, -0.15) is 0 Å². The average Bonchev–Trinajstić information content (AvgIpc) is 2.59.